The molecule has 1 aromatic heterocycles. The number of benzene rings is 1. The number of nitrogens with zero attached hydrogens (tertiary/aromatic N) is 3. The van der Waals surface area contributed by atoms with E-state index in [0.717, 1.165) is 29.9 Å². The molecule has 0 saturated heterocycles. The van der Waals surface area contributed by atoms with Crippen LogP contribution in [-0.4, -0.2) is 34.3 Å². The fourth-order valence-electron chi connectivity index (χ4n) is 2.35. The highest BCUT2D eigenvalue weighted by Crippen LogP contribution is 2.21. The van der Waals surface area contributed by atoms with Crippen molar-refractivity contribution in [3.63, 3.8) is 0 Å². The van der Waals surface area contributed by atoms with Crippen LogP contribution in [0, 0.1) is 6.92 Å². The van der Waals surface area contributed by atoms with E-state index < -0.39 is 0 Å². The van der Waals surface area contributed by atoms with E-state index >= 15 is 0 Å². The van der Waals surface area contributed by atoms with Crippen LogP contribution in [0.3, 0.4) is 0 Å². The molecule has 0 spiro atoms. The summed E-state index contributed by atoms with van der Waals surface area (Å²) in [6, 6.07) is 8.03. The third-order valence-corrected chi connectivity index (χ3v) is 3.63. The maximum absolute atomic E-state index is 12.2. The van der Waals surface area contributed by atoms with E-state index in [2.05, 4.69) is 43.0 Å². The van der Waals surface area contributed by atoms with Crippen LogP contribution in [0.5, 0.6) is 0 Å². The van der Waals surface area contributed by atoms with Crippen LogP contribution in [0.15, 0.2) is 43.1 Å². The maximum atomic E-state index is 12.2. The Morgan fingerprint density at radius 1 is 1.39 bits per heavy atom. The average molecular weight is 312 g/mol. The van der Waals surface area contributed by atoms with Crippen LogP contribution in [0.4, 0.5) is 10.5 Å². The van der Waals surface area contributed by atoms with E-state index in [1.165, 1.54) is 5.56 Å². The number of hydrogen-bond donors (Lipinski definition) is 1. The molecule has 1 heterocycles. The molecule has 122 valence electrons. The fourth-order valence-corrected chi connectivity index (χ4v) is 2.35. The van der Waals surface area contributed by atoms with Crippen molar-refractivity contribution in [3.8, 4) is 5.69 Å². The number of carbonyl (C=O) groups excluding carboxylic acids is 1. The predicted octanol–water partition coefficient (Wildman–Crippen LogP) is 3.78. The molecule has 5 heteroatoms. The second kappa shape index (κ2) is 7.63. The first kappa shape index (κ1) is 16.8. The number of urea groups is 1. The van der Waals surface area contributed by atoms with Gasteiger partial charge in [0.1, 0.15) is 0 Å². The van der Waals surface area contributed by atoms with Crippen LogP contribution < -0.4 is 5.32 Å². The number of likely N-dealkylation sites (N-methyl/N-ethyl adjacent to an activating group) is 1. The topological polar surface area (TPSA) is 50.2 Å². The van der Waals surface area contributed by atoms with Gasteiger partial charge in [0.2, 0.25) is 0 Å². The van der Waals surface area contributed by atoms with Gasteiger partial charge in [-0.1, -0.05) is 37.1 Å². The van der Waals surface area contributed by atoms with Crippen molar-refractivity contribution in [3.05, 3.63) is 54.4 Å². The molecule has 2 rings (SSSR count). The van der Waals surface area contributed by atoms with Crippen molar-refractivity contribution in [2.75, 3.05) is 18.9 Å². The second-order valence-electron chi connectivity index (χ2n) is 5.60. The zero-order valence-electron chi connectivity index (χ0n) is 14.0. The molecule has 0 aliphatic carbocycles. The molecule has 0 atom stereocenters. The summed E-state index contributed by atoms with van der Waals surface area (Å²) in [5.41, 5.74) is 3.97. The van der Waals surface area contributed by atoms with Crippen molar-refractivity contribution >= 4 is 11.7 Å². The van der Waals surface area contributed by atoms with E-state index in [0.29, 0.717) is 6.54 Å². The average Bonchev–Trinajstić information content (AvgIpc) is 2.91. The number of aromatic nitrogens is 2. The molecule has 0 aliphatic rings. The van der Waals surface area contributed by atoms with E-state index in [9.17, 15) is 4.79 Å². The summed E-state index contributed by atoms with van der Waals surface area (Å²) in [5.74, 6) is 0. The lowest BCUT2D eigenvalue weighted by molar-refractivity contribution is 0.226. The SMILES string of the molecule is C=CCN(C)C(=O)Nc1cnn(-c2ccc(C)cc2)c1CCC. The molecule has 0 aliphatic heterocycles. The number of carbonyl (C=O) groups is 1. The number of rotatable bonds is 6. The molecule has 0 fully saturated rings. The maximum Gasteiger partial charge on any atom is 0.321 e. The summed E-state index contributed by atoms with van der Waals surface area (Å²) in [5, 5.41) is 7.39. The van der Waals surface area contributed by atoms with Gasteiger partial charge in [-0.05, 0) is 25.5 Å². The minimum Gasteiger partial charge on any atom is -0.324 e. The lowest BCUT2D eigenvalue weighted by Crippen LogP contribution is -2.31. The van der Waals surface area contributed by atoms with Gasteiger partial charge < -0.3 is 10.2 Å². The van der Waals surface area contributed by atoms with E-state index in [1.807, 2.05) is 16.8 Å². The normalized spacial score (nSPS) is 10.4. The molecular weight excluding hydrogens is 288 g/mol. The first-order valence-corrected chi connectivity index (χ1v) is 7.83. The van der Waals surface area contributed by atoms with Gasteiger partial charge in [0.15, 0.2) is 0 Å². The molecule has 1 aromatic carbocycles. The monoisotopic (exact) mass is 312 g/mol. The Labute approximate surface area is 137 Å². The van der Waals surface area contributed by atoms with Crippen molar-refractivity contribution in [2.24, 2.45) is 0 Å². The van der Waals surface area contributed by atoms with Crippen molar-refractivity contribution in [1.82, 2.24) is 14.7 Å². The van der Waals surface area contributed by atoms with Gasteiger partial charge in [-0.25, -0.2) is 9.48 Å². The molecule has 0 radical (unpaired) electrons. The van der Waals surface area contributed by atoms with Crippen LogP contribution in [-0.2, 0) is 6.42 Å². The van der Waals surface area contributed by atoms with Gasteiger partial charge in [0, 0.05) is 13.6 Å². The van der Waals surface area contributed by atoms with Gasteiger partial charge in [-0.3, -0.25) is 0 Å². The zero-order valence-corrected chi connectivity index (χ0v) is 14.0. The molecule has 0 saturated carbocycles. The minimum atomic E-state index is -0.161. The second-order valence-corrected chi connectivity index (χ2v) is 5.60. The molecule has 2 aromatic rings. The zero-order chi connectivity index (χ0) is 16.8. The van der Waals surface area contributed by atoms with Crippen molar-refractivity contribution in [1.29, 1.82) is 0 Å². The molecule has 2 amide bonds. The number of amides is 2. The molecule has 0 bridgehead atoms. The quantitative estimate of drug-likeness (QED) is 0.825. The van der Waals surface area contributed by atoms with Gasteiger partial charge in [0.25, 0.3) is 0 Å². The number of hydrogen-bond acceptors (Lipinski definition) is 2. The van der Waals surface area contributed by atoms with Crippen LogP contribution in [0.25, 0.3) is 5.69 Å². The third-order valence-electron chi connectivity index (χ3n) is 3.63. The molecular formula is C18H24N4O. The largest absolute Gasteiger partial charge is 0.324 e. The molecule has 23 heavy (non-hydrogen) atoms. The number of nitrogens with one attached hydrogen (secondary N) is 1. The lowest BCUT2D eigenvalue weighted by atomic mass is 10.2. The van der Waals surface area contributed by atoms with Crippen LogP contribution >= 0.6 is 0 Å². The summed E-state index contributed by atoms with van der Waals surface area (Å²) in [6.07, 6.45) is 5.23. The van der Waals surface area contributed by atoms with Gasteiger partial charge in [-0.15, -0.1) is 6.58 Å². The van der Waals surface area contributed by atoms with E-state index in [4.69, 9.17) is 0 Å². The van der Waals surface area contributed by atoms with Crippen LogP contribution in [0.2, 0.25) is 0 Å². The Morgan fingerprint density at radius 2 is 2.09 bits per heavy atom. The predicted molar refractivity (Wildman–Crippen MR) is 94.1 cm³/mol. The first-order chi connectivity index (χ1) is 11.1. The molecule has 0 unspecified atom stereocenters. The van der Waals surface area contributed by atoms with Crippen molar-refractivity contribution < 1.29 is 4.79 Å². The van der Waals surface area contributed by atoms with Crippen molar-refractivity contribution in [2.45, 2.75) is 26.7 Å². The van der Waals surface area contributed by atoms with Crippen LogP contribution in [0.1, 0.15) is 24.6 Å². The summed E-state index contributed by atoms with van der Waals surface area (Å²) in [7, 11) is 1.74. The highest BCUT2D eigenvalue weighted by atomic mass is 16.2. The first-order valence-electron chi connectivity index (χ1n) is 7.83. The Kier molecular flexibility index (Phi) is 5.57. The third kappa shape index (κ3) is 4.00. The van der Waals surface area contributed by atoms with Gasteiger partial charge in [-0.2, -0.15) is 5.10 Å². The Morgan fingerprint density at radius 3 is 2.70 bits per heavy atom. The van der Waals surface area contributed by atoms with E-state index in [-0.39, 0.29) is 6.03 Å². The van der Waals surface area contributed by atoms with Gasteiger partial charge >= 0.3 is 6.03 Å². The standard InChI is InChI=1S/C18H24N4O/c1-5-7-17-16(20-18(23)21(4)12-6-2)13-19-22(17)15-10-8-14(3)9-11-15/h6,8-11,13H,2,5,7,12H2,1,3-4H3,(H,20,23). The molecule has 5 nitrogen and oxygen atoms in total. The number of aryl methyl sites for hydroxylation is 1. The Bertz CT molecular complexity index is 673. The summed E-state index contributed by atoms with van der Waals surface area (Å²) >= 11 is 0. The Balaban J connectivity index is 2.29. The molecule has 1 N–H and O–H groups in total. The fraction of sp³-hybridized carbons (Fsp3) is 0.333. The van der Waals surface area contributed by atoms with Gasteiger partial charge in [0.05, 0.1) is 23.3 Å². The Hall–Kier alpha value is -2.56. The minimum absolute atomic E-state index is 0.161. The smallest absolute Gasteiger partial charge is 0.321 e. The summed E-state index contributed by atoms with van der Waals surface area (Å²) in [4.78, 5) is 13.8. The number of anilines is 1. The highest BCUT2D eigenvalue weighted by molar-refractivity contribution is 5.89. The lowest BCUT2D eigenvalue weighted by Gasteiger charge is -2.16. The summed E-state index contributed by atoms with van der Waals surface area (Å²) in [6.45, 7) is 8.32. The summed E-state index contributed by atoms with van der Waals surface area (Å²) < 4.78 is 1.89. The highest BCUT2D eigenvalue weighted by Gasteiger charge is 2.15. The van der Waals surface area contributed by atoms with E-state index in [1.54, 1.807) is 24.2 Å².